The van der Waals surface area contributed by atoms with Crippen molar-refractivity contribution in [2.24, 2.45) is 5.73 Å². The highest BCUT2D eigenvalue weighted by atomic mass is 32.2. The van der Waals surface area contributed by atoms with E-state index in [1.807, 2.05) is 11.8 Å². The summed E-state index contributed by atoms with van der Waals surface area (Å²) in [6, 6.07) is 0.641. The third-order valence-electron chi connectivity index (χ3n) is 4.97. The largest absolute Gasteiger partial charge is 0.394 e. The third-order valence-corrected chi connectivity index (χ3v) is 6.19. The van der Waals surface area contributed by atoms with Gasteiger partial charge in [0.2, 0.25) is 0 Å². The van der Waals surface area contributed by atoms with Gasteiger partial charge in [-0.15, -0.1) is 10.2 Å². The molecule has 0 aromatic carbocycles. The molecule has 3 aliphatic carbocycles. The van der Waals surface area contributed by atoms with Gasteiger partial charge in [-0.1, -0.05) is 18.2 Å². The Morgan fingerprint density at radius 3 is 2.71 bits per heavy atom. The summed E-state index contributed by atoms with van der Waals surface area (Å²) in [5, 5.41) is 20.0. The molecule has 0 spiro atoms. The van der Waals surface area contributed by atoms with Crippen LogP contribution < -0.4 is 5.73 Å². The minimum absolute atomic E-state index is 0.0900. The van der Waals surface area contributed by atoms with Crippen LogP contribution in [0.4, 0.5) is 0 Å². The number of aromatic nitrogens is 3. The maximum Gasteiger partial charge on any atom is 0.191 e. The van der Waals surface area contributed by atoms with Gasteiger partial charge >= 0.3 is 0 Å². The van der Waals surface area contributed by atoms with Crippen LogP contribution in [-0.4, -0.2) is 37.3 Å². The second kappa shape index (κ2) is 5.25. The number of rotatable bonds is 5. The van der Waals surface area contributed by atoms with E-state index in [0.29, 0.717) is 17.2 Å². The zero-order chi connectivity index (χ0) is 14.4. The van der Waals surface area contributed by atoms with E-state index >= 15 is 0 Å². The molecule has 3 fully saturated rings. The number of aliphatic hydroxyl groups is 1. The molecule has 116 valence electrons. The molecule has 0 aliphatic heterocycles. The molecule has 1 aromatic heterocycles. The van der Waals surface area contributed by atoms with E-state index < -0.39 is 0 Å². The lowest BCUT2D eigenvalue weighted by molar-refractivity contribution is 0.159. The molecular formula is C15H24N4OS. The molecule has 4 rings (SSSR count). The molecule has 3 N–H and O–H groups in total. The summed E-state index contributed by atoms with van der Waals surface area (Å²) in [4.78, 5) is 0. The number of hydrogen-bond donors (Lipinski definition) is 2. The smallest absolute Gasteiger partial charge is 0.191 e. The van der Waals surface area contributed by atoms with Gasteiger partial charge in [0.05, 0.1) is 6.61 Å². The molecule has 5 nitrogen and oxygen atoms in total. The van der Waals surface area contributed by atoms with Gasteiger partial charge in [-0.2, -0.15) is 0 Å². The molecule has 0 saturated heterocycles. The van der Waals surface area contributed by atoms with E-state index in [0.717, 1.165) is 24.4 Å². The van der Waals surface area contributed by atoms with Crippen molar-refractivity contribution in [3.8, 4) is 0 Å². The second-order valence-corrected chi connectivity index (χ2v) is 8.34. The Morgan fingerprint density at radius 1 is 1.24 bits per heavy atom. The van der Waals surface area contributed by atoms with Crippen molar-refractivity contribution in [2.45, 2.75) is 79.3 Å². The molecule has 2 unspecified atom stereocenters. The van der Waals surface area contributed by atoms with Crippen LogP contribution in [-0.2, 0) is 0 Å². The van der Waals surface area contributed by atoms with Crippen LogP contribution in [0.25, 0.3) is 0 Å². The zero-order valence-corrected chi connectivity index (χ0v) is 13.2. The average molecular weight is 308 g/mol. The summed E-state index contributed by atoms with van der Waals surface area (Å²) in [6.45, 7) is 0.0900. The SMILES string of the molecule is NC1(CO)CCCC(Sc2nnc(C3CC3)n2C2CC2)C1. The first-order valence-corrected chi connectivity index (χ1v) is 9.08. The lowest BCUT2D eigenvalue weighted by atomic mass is 9.83. The molecule has 0 amide bonds. The van der Waals surface area contributed by atoms with Gasteiger partial charge < -0.3 is 15.4 Å². The molecule has 3 aliphatic rings. The summed E-state index contributed by atoms with van der Waals surface area (Å²) in [7, 11) is 0. The van der Waals surface area contributed by atoms with Crippen molar-refractivity contribution in [3.05, 3.63) is 5.82 Å². The van der Waals surface area contributed by atoms with E-state index in [1.54, 1.807) is 0 Å². The third kappa shape index (κ3) is 2.85. The van der Waals surface area contributed by atoms with Gasteiger partial charge in [0, 0.05) is 22.7 Å². The minimum Gasteiger partial charge on any atom is -0.394 e. The van der Waals surface area contributed by atoms with Crippen LogP contribution in [0, 0.1) is 0 Å². The number of nitrogens with zero attached hydrogens (tertiary/aromatic N) is 3. The Balaban J connectivity index is 1.51. The maximum absolute atomic E-state index is 9.50. The first-order valence-electron chi connectivity index (χ1n) is 8.20. The maximum atomic E-state index is 9.50. The predicted octanol–water partition coefficient (Wildman–Crippen LogP) is 2.21. The summed E-state index contributed by atoms with van der Waals surface area (Å²) in [5.41, 5.74) is 5.88. The molecule has 0 radical (unpaired) electrons. The predicted molar refractivity (Wildman–Crippen MR) is 82.4 cm³/mol. The van der Waals surface area contributed by atoms with E-state index in [4.69, 9.17) is 5.73 Å². The van der Waals surface area contributed by atoms with Crippen molar-refractivity contribution >= 4 is 11.8 Å². The second-order valence-electron chi connectivity index (χ2n) is 7.07. The van der Waals surface area contributed by atoms with Gasteiger partial charge in [0.15, 0.2) is 5.16 Å². The fourth-order valence-corrected chi connectivity index (χ4v) is 4.84. The Labute approximate surface area is 129 Å². The zero-order valence-electron chi connectivity index (χ0n) is 12.4. The number of nitrogens with two attached hydrogens (primary N) is 1. The first kappa shape index (κ1) is 14.0. The minimum atomic E-state index is -0.389. The van der Waals surface area contributed by atoms with Crippen LogP contribution in [0.2, 0.25) is 0 Å². The van der Waals surface area contributed by atoms with E-state index in [-0.39, 0.29) is 12.1 Å². The molecule has 3 saturated carbocycles. The van der Waals surface area contributed by atoms with Crippen LogP contribution in [0.15, 0.2) is 5.16 Å². The summed E-state index contributed by atoms with van der Waals surface area (Å²) in [5.74, 6) is 1.88. The Morgan fingerprint density at radius 2 is 2.05 bits per heavy atom. The van der Waals surface area contributed by atoms with Crippen molar-refractivity contribution in [1.29, 1.82) is 0 Å². The highest BCUT2D eigenvalue weighted by molar-refractivity contribution is 7.99. The molecule has 6 heteroatoms. The first-order chi connectivity index (χ1) is 10.2. The fraction of sp³-hybridized carbons (Fsp3) is 0.867. The number of thioether (sulfide) groups is 1. The van der Waals surface area contributed by atoms with E-state index in [9.17, 15) is 5.11 Å². The van der Waals surface area contributed by atoms with Crippen molar-refractivity contribution in [1.82, 2.24) is 14.8 Å². The number of aliphatic hydroxyl groups excluding tert-OH is 1. The van der Waals surface area contributed by atoms with Crippen molar-refractivity contribution < 1.29 is 5.11 Å². The Hall–Kier alpha value is -0.590. The topological polar surface area (TPSA) is 77.0 Å². The molecule has 1 heterocycles. The van der Waals surface area contributed by atoms with Crippen LogP contribution in [0.1, 0.15) is 69.2 Å². The standard InChI is InChI=1S/C15H24N4OS/c16-15(9-20)7-1-2-12(8-15)21-14-18-17-13(10-3-4-10)19(14)11-5-6-11/h10-12,20H,1-9,16H2. The van der Waals surface area contributed by atoms with E-state index in [2.05, 4.69) is 14.8 Å². The van der Waals surface area contributed by atoms with E-state index in [1.165, 1.54) is 37.9 Å². The Kier molecular flexibility index (Phi) is 3.51. The summed E-state index contributed by atoms with van der Waals surface area (Å²) >= 11 is 1.84. The van der Waals surface area contributed by atoms with Gasteiger partial charge in [-0.3, -0.25) is 0 Å². The fourth-order valence-electron chi connectivity index (χ4n) is 3.40. The highest BCUT2D eigenvalue weighted by Gasteiger charge is 2.38. The highest BCUT2D eigenvalue weighted by Crippen LogP contribution is 2.47. The molecule has 2 atom stereocenters. The van der Waals surface area contributed by atoms with Gasteiger partial charge in [-0.05, 0) is 44.9 Å². The molecule has 1 aromatic rings. The molecule has 21 heavy (non-hydrogen) atoms. The lowest BCUT2D eigenvalue weighted by Crippen LogP contribution is -2.48. The molecular weight excluding hydrogens is 284 g/mol. The van der Waals surface area contributed by atoms with Crippen LogP contribution >= 0.6 is 11.8 Å². The normalized spacial score (nSPS) is 33.3. The summed E-state index contributed by atoms with van der Waals surface area (Å²) < 4.78 is 2.41. The molecule has 0 bridgehead atoms. The quantitative estimate of drug-likeness (QED) is 0.872. The summed E-state index contributed by atoms with van der Waals surface area (Å²) in [6.07, 6.45) is 9.17. The van der Waals surface area contributed by atoms with Gasteiger partial charge in [0.1, 0.15) is 5.82 Å². The number of hydrogen-bond acceptors (Lipinski definition) is 5. The van der Waals surface area contributed by atoms with Crippen molar-refractivity contribution in [2.75, 3.05) is 6.61 Å². The monoisotopic (exact) mass is 308 g/mol. The lowest BCUT2D eigenvalue weighted by Gasteiger charge is -2.36. The van der Waals surface area contributed by atoms with Gasteiger partial charge in [0.25, 0.3) is 0 Å². The van der Waals surface area contributed by atoms with Crippen LogP contribution in [0.3, 0.4) is 0 Å². The van der Waals surface area contributed by atoms with Crippen LogP contribution in [0.5, 0.6) is 0 Å². The van der Waals surface area contributed by atoms with Gasteiger partial charge in [-0.25, -0.2) is 0 Å². The Bertz CT molecular complexity index is 526. The average Bonchev–Trinajstić information content (AvgIpc) is 3.39. The van der Waals surface area contributed by atoms with Crippen molar-refractivity contribution in [3.63, 3.8) is 0 Å².